The molecule has 0 bridgehead atoms. The van der Waals surface area contributed by atoms with E-state index >= 15 is 0 Å². The molecule has 0 spiro atoms. The van der Waals surface area contributed by atoms with Crippen LogP contribution < -0.4 is 5.32 Å². The predicted octanol–water partition coefficient (Wildman–Crippen LogP) is 4.67. The first-order chi connectivity index (χ1) is 12.0. The van der Waals surface area contributed by atoms with Crippen molar-refractivity contribution in [2.24, 2.45) is 0 Å². The summed E-state index contributed by atoms with van der Waals surface area (Å²) in [7, 11) is 1.39. The Labute approximate surface area is 152 Å². The highest BCUT2D eigenvalue weighted by molar-refractivity contribution is 7.17. The fourth-order valence-corrected chi connectivity index (χ4v) is 4.48. The zero-order valence-electron chi connectivity index (χ0n) is 14.9. The molecule has 1 amide bonds. The Bertz CT molecular complexity index is 823. The van der Waals surface area contributed by atoms with E-state index in [2.05, 4.69) is 5.32 Å². The Kier molecular flexibility index (Phi) is 5.23. The van der Waals surface area contributed by atoms with E-state index in [4.69, 9.17) is 4.74 Å². The van der Waals surface area contributed by atoms with Gasteiger partial charge in [0.1, 0.15) is 5.00 Å². The molecule has 0 aliphatic heterocycles. The second-order valence-corrected chi connectivity index (χ2v) is 7.62. The molecule has 4 nitrogen and oxygen atoms in total. The number of thiophene rings is 1. The number of benzene rings is 1. The number of fused-ring (bicyclic) bond motifs is 1. The van der Waals surface area contributed by atoms with Gasteiger partial charge < -0.3 is 10.1 Å². The molecule has 5 heteroatoms. The van der Waals surface area contributed by atoms with Gasteiger partial charge in [-0.15, -0.1) is 11.3 Å². The third kappa shape index (κ3) is 3.61. The van der Waals surface area contributed by atoms with E-state index in [1.807, 2.05) is 32.0 Å². The summed E-state index contributed by atoms with van der Waals surface area (Å²) >= 11 is 1.52. The number of carbonyl (C=O) groups is 2. The molecular formula is C20H23NO3S. The monoisotopic (exact) mass is 357 g/mol. The van der Waals surface area contributed by atoms with Crippen LogP contribution in [0.25, 0.3) is 0 Å². The van der Waals surface area contributed by atoms with Crippen LogP contribution >= 0.6 is 11.3 Å². The van der Waals surface area contributed by atoms with Gasteiger partial charge >= 0.3 is 5.97 Å². The van der Waals surface area contributed by atoms with Crippen LogP contribution in [0.4, 0.5) is 5.00 Å². The van der Waals surface area contributed by atoms with Crippen molar-refractivity contribution in [3.8, 4) is 0 Å². The van der Waals surface area contributed by atoms with Crippen LogP contribution in [0.3, 0.4) is 0 Å². The van der Waals surface area contributed by atoms with E-state index in [0.717, 1.165) is 42.4 Å². The summed E-state index contributed by atoms with van der Waals surface area (Å²) < 4.78 is 4.98. The number of hydrogen-bond donors (Lipinski definition) is 1. The van der Waals surface area contributed by atoms with E-state index in [1.54, 1.807) is 0 Å². The van der Waals surface area contributed by atoms with Crippen LogP contribution in [0, 0.1) is 13.8 Å². The summed E-state index contributed by atoms with van der Waals surface area (Å²) in [6.45, 7) is 4.00. The Morgan fingerprint density at radius 3 is 2.56 bits per heavy atom. The van der Waals surface area contributed by atoms with Gasteiger partial charge in [-0.2, -0.15) is 0 Å². The molecule has 0 saturated carbocycles. The lowest BCUT2D eigenvalue weighted by molar-refractivity contribution is 0.0601. The highest BCUT2D eigenvalue weighted by Gasteiger charge is 2.26. The number of anilines is 1. The minimum atomic E-state index is -0.366. The lowest BCUT2D eigenvalue weighted by atomic mass is 10.0. The molecule has 0 unspecified atom stereocenters. The molecule has 1 aromatic carbocycles. The molecule has 132 valence electrons. The number of esters is 1. The second-order valence-electron chi connectivity index (χ2n) is 6.51. The van der Waals surface area contributed by atoms with E-state index in [-0.39, 0.29) is 11.9 Å². The fourth-order valence-electron chi connectivity index (χ4n) is 3.21. The molecule has 2 aromatic rings. The molecule has 0 saturated heterocycles. The number of ether oxygens (including phenoxy) is 1. The van der Waals surface area contributed by atoms with Gasteiger partial charge in [0.25, 0.3) is 5.91 Å². The molecule has 0 fully saturated rings. The molecule has 0 radical (unpaired) electrons. The van der Waals surface area contributed by atoms with E-state index in [9.17, 15) is 9.59 Å². The standard InChI is InChI=1S/C20H23NO3S/c1-12-9-10-14(11-13(12)2)18(22)21-19-17(20(23)24-3)15-7-5-4-6-8-16(15)25-19/h9-11H,4-8H2,1-3H3,(H,21,22). The SMILES string of the molecule is COC(=O)c1c(NC(=O)c2ccc(C)c(C)c2)sc2c1CCCCC2. The summed E-state index contributed by atoms with van der Waals surface area (Å²) in [5.74, 6) is -0.556. The van der Waals surface area contributed by atoms with Crippen molar-refractivity contribution >= 4 is 28.2 Å². The molecule has 3 rings (SSSR count). The molecule has 1 aliphatic carbocycles. The number of amides is 1. The second kappa shape index (κ2) is 7.40. The maximum Gasteiger partial charge on any atom is 0.341 e. The molecule has 25 heavy (non-hydrogen) atoms. The lowest BCUT2D eigenvalue weighted by Crippen LogP contribution is -2.15. The molecule has 0 atom stereocenters. The minimum Gasteiger partial charge on any atom is -0.465 e. The number of methoxy groups -OCH3 is 1. The summed E-state index contributed by atoms with van der Waals surface area (Å²) in [6, 6.07) is 5.63. The zero-order valence-corrected chi connectivity index (χ0v) is 15.7. The quantitative estimate of drug-likeness (QED) is 0.641. The largest absolute Gasteiger partial charge is 0.465 e. The van der Waals surface area contributed by atoms with E-state index in [1.165, 1.54) is 29.7 Å². The van der Waals surface area contributed by atoms with Crippen molar-refractivity contribution < 1.29 is 14.3 Å². The first kappa shape index (κ1) is 17.7. The van der Waals surface area contributed by atoms with Crippen molar-refractivity contribution in [1.82, 2.24) is 0 Å². The number of nitrogens with one attached hydrogen (secondary N) is 1. The Morgan fingerprint density at radius 2 is 1.84 bits per heavy atom. The van der Waals surface area contributed by atoms with Crippen molar-refractivity contribution in [2.75, 3.05) is 12.4 Å². The number of hydrogen-bond acceptors (Lipinski definition) is 4. The van der Waals surface area contributed by atoms with Crippen molar-refractivity contribution in [3.05, 3.63) is 50.9 Å². The Morgan fingerprint density at radius 1 is 1.08 bits per heavy atom. The van der Waals surface area contributed by atoms with E-state index < -0.39 is 0 Å². The smallest absolute Gasteiger partial charge is 0.341 e. The molecule has 1 heterocycles. The minimum absolute atomic E-state index is 0.190. The zero-order chi connectivity index (χ0) is 18.0. The highest BCUT2D eigenvalue weighted by atomic mass is 32.1. The van der Waals surface area contributed by atoms with Gasteiger partial charge in [-0.3, -0.25) is 4.79 Å². The maximum atomic E-state index is 12.7. The van der Waals surface area contributed by atoms with Gasteiger partial charge in [0.05, 0.1) is 12.7 Å². The average Bonchev–Trinajstić information content (AvgIpc) is 2.77. The first-order valence-electron chi connectivity index (χ1n) is 8.62. The van der Waals surface area contributed by atoms with Gasteiger partial charge in [-0.1, -0.05) is 12.5 Å². The van der Waals surface area contributed by atoms with Gasteiger partial charge in [0.15, 0.2) is 0 Å². The van der Waals surface area contributed by atoms with Gasteiger partial charge in [0.2, 0.25) is 0 Å². The number of rotatable bonds is 3. The van der Waals surface area contributed by atoms with Crippen LogP contribution in [0.1, 0.15) is 61.5 Å². The summed E-state index contributed by atoms with van der Waals surface area (Å²) in [4.78, 5) is 26.2. The molecule has 1 N–H and O–H groups in total. The van der Waals surface area contributed by atoms with Crippen LogP contribution in [-0.2, 0) is 17.6 Å². The van der Waals surface area contributed by atoms with Gasteiger partial charge in [-0.05, 0) is 68.4 Å². The Hall–Kier alpha value is -2.14. The van der Waals surface area contributed by atoms with Crippen LogP contribution in [0.2, 0.25) is 0 Å². The number of aryl methyl sites for hydroxylation is 3. The van der Waals surface area contributed by atoms with Crippen LogP contribution in [-0.4, -0.2) is 19.0 Å². The molecule has 1 aromatic heterocycles. The van der Waals surface area contributed by atoms with Crippen molar-refractivity contribution in [1.29, 1.82) is 0 Å². The topological polar surface area (TPSA) is 55.4 Å². The third-order valence-corrected chi connectivity index (χ3v) is 6.01. The van der Waals surface area contributed by atoms with Crippen LogP contribution in [0.5, 0.6) is 0 Å². The predicted molar refractivity (Wildman–Crippen MR) is 101 cm³/mol. The average molecular weight is 357 g/mol. The van der Waals surface area contributed by atoms with Crippen LogP contribution in [0.15, 0.2) is 18.2 Å². The maximum absolute atomic E-state index is 12.7. The van der Waals surface area contributed by atoms with E-state index in [0.29, 0.717) is 16.1 Å². The first-order valence-corrected chi connectivity index (χ1v) is 9.44. The third-order valence-electron chi connectivity index (χ3n) is 4.81. The van der Waals surface area contributed by atoms with Crippen molar-refractivity contribution in [3.63, 3.8) is 0 Å². The normalized spacial score (nSPS) is 13.7. The lowest BCUT2D eigenvalue weighted by Gasteiger charge is -2.08. The molecule has 1 aliphatic rings. The highest BCUT2D eigenvalue weighted by Crippen LogP contribution is 2.38. The Balaban J connectivity index is 1.94. The van der Waals surface area contributed by atoms with Gasteiger partial charge in [0, 0.05) is 10.4 Å². The summed E-state index contributed by atoms with van der Waals surface area (Å²) in [6.07, 6.45) is 5.20. The molecular weight excluding hydrogens is 334 g/mol. The summed E-state index contributed by atoms with van der Waals surface area (Å²) in [5, 5.41) is 3.56. The number of carbonyl (C=O) groups excluding carboxylic acids is 2. The summed E-state index contributed by atoms with van der Waals surface area (Å²) in [5.41, 5.74) is 4.42. The van der Waals surface area contributed by atoms with Crippen molar-refractivity contribution in [2.45, 2.75) is 46.0 Å². The fraction of sp³-hybridized carbons (Fsp3) is 0.400. The van der Waals surface area contributed by atoms with Gasteiger partial charge in [-0.25, -0.2) is 4.79 Å².